The third kappa shape index (κ3) is 7.70. The number of benzene rings is 2. The second kappa shape index (κ2) is 11.3. The molecular weight excluding hydrogens is 390 g/mol. The zero-order chi connectivity index (χ0) is 21.9. The van der Waals surface area contributed by atoms with Gasteiger partial charge in [0.25, 0.3) is 11.6 Å². The first kappa shape index (κ1) is 22.5. The molecule has 2 rings (SSSR count). The number of non-ortho nitro benzene ring substituents is 1. The number of nitrogens with one attached hydrogen (secondary N) is 2. The maximum Gasteiger partial charge on any atom is 0.306 e. The van der Waals surface area contributed by atoms with Crippen molar-refractivity contribution in [3.8, 4) is 0 Å². The van der Waals surface area contributed by atoms with Gasteiger partial charge in [0, 0.05) is 30.7 Å². The average Bonchev–Trinajstić information content (AvgIpc) is 2.73. The summed E-state index contributed by atoms with van der Waals surface area (Å²) in [7, 11) is 0. The SMILES string of the molecule is C[C@@H](NC(=O)COC(=O)CCCC(=O)Nc1ccc([N+](=O)[O-])cc1)c1ccccc1. The van der Waals surface area contributed by atoms with Gasteiger partial charge in [-0.3, -0.25) is 24.5 Å². The number of carbonyl (C=O) groups excluding carboxylic acids is 3. The van der Waals surface area contributed by atoms with Crippen molar-refractivity contribution in [3.63, 3.8) is 0 Å². The van der Waals surface area contributed by atoms with Crippen LogP contribution in [0.3, 0.4) is 0 Å². The van der Waals surface area contributed by atoms with Gasteiger partial charge in [0.15, 0.2) is 6.61 Å². The van der Waals surface area contributed by atoms with Crippen molar-refractivity contribution in [2.45, 2.75) is 32.2 Å². The molecular formula is C21H23N3O6. The number of carbonyl (C=O) groups is 3. The van der Waals surface area contributed by atoms with Crippen molar-refractivity contribution in [1.82, 2.24) is 5.32 Å². The molecule has 30 heavy (non-hydrogen) atoms. The molecule has 0 aliphatic heterocycles. The van der Waals surface area contributed by atoms with E-state index in [2.05, 4.69) is 10.6 Å². The summed E-state index contributed by atoms with van der Waals surface area (Å²) in [5, 5.41) is 15.9. The van der Waals surface area contributed by atoms with Crippen LogP contribution in [0.2, 0.25) is 0 Å². The normalized spacial score (nSPS) is 11.2. The van der Waals surface area contributed by atoms with E-state index in [1.54, 1.807) is 0 Å². The Balaban J connectivity index is 1.62. The molecule has 0 aromatic heterocycles. The van der Waals surface area contributed by atoms with Gasteiger partial charge in [0.2, 0.25) is 5.91 Å². The Bertz CT molecular complexity index is 883. The summed E-state index contributed by atoms with van der Waals surface area (Å²) >= 11 is 0. The van der Waals surface area contributed by atoms with Gasteiger partial charge in [-0.15, -0.1) is 0 Å². The molecule has 0 saturated heterocycles. The minimum Gasteiger partial charge on any atom is -0.456 e. The fraction of sp³-hybridized carbons (Fsp3) is 0.286. The lowest BCUT2D eigenvalue weighted by molar-refractivity contribution is -0.384. The van der Waals surface area contributed by atoms with Gasteiger partial charge in [-0.25, -0.2) is 0 Å². The summed E-state index contributed by atoms with van der Waals surface area (Å²) in [6, 6.07) is 14.6. The van der Waals surface area contributed by atoms with Gasteiger partial charge < -0.3 is 15.4 Å². The van der Waals surface area contributed by atoms with Gasteiger partial charge in [-0.05, 0) is 31.0 Å². The monoisotopic (exact) mass is 413 g/mol. The maximum absolute atomic E-state index is 11.9. The van der Waals surface area contributed by atoms with E-state index in [4.69, 9.17) is 4.74 Å². The Labute approximate surface area is 173 Å². The number of nitrogens with zero attached hydrogens (tertiary/aromatic N) is 1. The molecule has 0 aliphatic carbocycles. The zero-order valence-corrected chi connectivity index (χ0v) is 16.5. The summed E-state index contributed by atoms with van der Waals surface area (Å²) in [4.78, 5) is 45.6. The van der Waals surface area contributed by atoms with Crippen LogP contribution in [0.5, 0.6) is 0 Å². The largest absolute Gasteiger partial charge is 0.456 e. The molecule has 0 fully saturated rings. The molecule has 0 bridgehead atoms. The van der Waals surface area contributed by atoms with E-state index in [9.17, 15) is 24.5 Å². The molecule has 0 spiro atoms. The van der Waals surface area contributed by atoms with Crippen molar-refractivity contribution in [2.24, 2.45) is 0 Å². The highest BCUT2D eigenvalue weighted by atomic mass is 16.6. The molecule has 1 atom stereocenters. The van der Waals surface area contributed by atoms with E-state index in [0.29, 0.717) is 5.69 Å². The lowest BCUT2D eigenvalue weighted by Gasteiger charge is -2.14. The van der Waals surface area contributed by atoms with E-state index < -0.39 is 16.8 Å². The Morgan fingerprint density at radius 3 is 2.30 bits per heavy atom. The van der Waals surface area contributed by atoms with Gasteiger partial charge in [0.05, 0.1) is 11.0 Å². The zero-order valence-electron chi connectivity index (χ0n) is 16.5. The number of rotatable bonds is 10. The molecule has 2 amide bonds. The summed E-state index contributed by atoms with van der Waals surface area (Å²) in [5.74, 6) is -1.30. The standard InChI is InChI=1S/C21H23N3O6/c1-15(16-6-3-2-4-7-16)22-20(26)14-30-21(27)9-5-8-19(25)23-17-10-12-18(13-11-17)24(28)29/h2-4,6-7,10-13,15H,5,8-9,14H2,1H3,(H,22,26)(H,23,25)/t15-/m1/s1. The quantitative estimate of drug-likeness (QED) is 0.350. The molecule has 9 nitrogen and oxygen atoms in total. The Morgan fingerprint density at radius 2 is 1.67 bits per heavy atom. The first-order valence-electron chi connectivity index (χ1n) is 9.39. The van der Waals surface area contributed by atoms with Crippen molar-refractivity contribution < 1.29 is 24.0 Å². The first-order chi connectivity index (χ1) is 14.3. The minimum absolute atomic E-state index is 0.00476. The van der Waals surface area contributed by atoms with Crippen molar-refractivity contribution in [2.75, 3.05) is 11.9 Å². The van der Waals surface area contributed by atoms with E-state index in [0.717, 1.165) is 5.56 Å². The van der Waals surface area contributed by atoms with Gasteiger partial charge in [-0.1, -0.05) is 30.3 Å². The number of anilines is 1. The lowest BCUT2D eigenvalue weighted by atomic mass is 10.1. The molecule has 2 aromatic carbocycles. The van der Waals surface area contributed by atoms with Crippen LogP contribution in [0.4, 0.5) is 11.4 Å². The predicted octanol–water partition coefficient (Wildman–Crippen LogP) is 3.12. The van der Waals surface area contributed by atoms with Crippen molar-refractivity contribution in [3.05, 3.63) is 70.3 Å². The topological polar surface area (TPSA) is 128 Å². The van der Waals surface area contributed by atoms with E-state index in [-0.39, 0.29) is 43.5 Å². The molecule has 0 heterocycles. The van der Waals surface area contributed by atoms with Crippen LogP contribution in [0.15, 0.2) is 54.6 Å². The summed E-state index contributed by atoms with van der Waals surface area (Å²) < 4.78 is 4.93. The van der Waals surface area contributed by atoms with Gasteiger partial charge in [-0.2, -0.15) is 0 Å². The number of hydrogen-bond donors (Lipinski definition) is 2. The van der Waals surface area contributed by atoms with Crippen LogP contribution >= 0.6 is 0 Å². The molecule has 2 N–H and O–H groups in total. The third-order valence-corrected chi connectivity index (χ3v) is 4.19. The van der Waals surface area contributed by atoms with E-state index in [1.807, 2.05) is 37.3 Å². The number of nitro groups is 1. The first-order valence-corrected chi connectivity index (χ1v) is 9.39. The lowest BCUT2D eigenvalue weighted by Crippen LogP contribution is -2.31. The van der Waals surface area contributed by atoms with Crippen LogP contribution in [0.25, 0.3) is 0 Å². The van der Waals surface area contributed by atoms with Crippen LogP contribution in [0.1, 0.15) is 37.8 Å². The highest BCUT2D eigenvalue weighted by Gasteiger charge is 2.12. The highest BCUT2D eigenvalue weighted by molar-refractivity contribution is 5.91. The molecule has 0 aliphatic rings. The summed E-state index contributed by atoms with van der Waals surface area (Å²) in [6.07, 6.45) is 0.318. The molecule has 2 aromatic rings. The Morgan fingerprint density at radius 1 is 1.00 bits per heavy atom. The highest BCUT2D eigenvalue weighted by Crippen LogP contribution is 2.16. The second-order valence-electron chi connectivity index (χ2n) is 6.57. The molecule has 9 heteroatoms. The van der Waals surface area contributed by atoms with E-state index >= 15 is 0 Å². The fourth-order valence-corrected chi connectivity index (χ4v) is 2.61. The van der Waals surface area contributed by atoms with Gasteiger partial charge in [0.1, 0.15) is 0 Å². The minimum atomic E-state index is -0.569. The summed E-state index contributed by atoms with van der Waals surface area (Å²) in [5.41, 5.74) is 1.30. The Hall–Kier alpha value is -3.75. The molecule has 0 radical (unpaired) electrons. The molecule has 0 unspecified atom stereocenters. The Kier molecular flexibility index (Phi) is 8.49. The number of amides is 2. The maximum atomic E-state index is 11.9. The smallest absolute Gasteiger partial charge is 0.306 e. The molecule has 0 saturated carbocycles. The van der Waals surface area contributed by atoms with Crippen LogP contribution in [-0.4, -0.2) is 29.3 Å². The average molecular weight is 413 g/mol. The number of esters is 1. The van der Waals surface area contributed by atoms with Crippen molar-refractivity contribution >= 4 is 29.2 Å². The third-order valence-electron chi connectivity index (χ3n) is 4.19. The van der Waals surface area contributed by atoms with Gasteiger partial charge >= 0.3 is 5.97 Å². The van der Waals surface area contributed by atoms with Crippen molar-refractivity contribution in [1.29, 1.82) is 0 Å². The predicted molar refractivity (Wildman–Crippen MR) is 110 cm³/mol. The van der Waals surface area contributed by atoms with E-state index in [1.165, 1.54) is 24.3 Å². The second-order valence-corrected chi connectivity index (χ2v) is 6.57. The number of hydrogen-bond acceptors (Lipinski definition) is 6. The summed E-state index contributed by atoms with van der Waals surface area (Å²) in [6.45, 7) is 1.45. The van der Waals surface area contributed by atoms with Crippen LogP contribution in [0, 0.1) is 10.1 Å². The van der Waals surface area contributed by atoms with Crippen LogP contribution in [-0.2, 0) is 19.1 Å². The van der Waals surface area contributed by atoms with Crippen LogP contribution < -0.4 is 10.6 Å². The fourth-order valence-electron chi connectivity index (χ4n) is 2.61. The number of nitro benzene ring substituents is 1. The number of ether oxygens (including phenoxy) is 1. The molecule has 158 valence electrons.